The number of amides is 1. The second-order valence-electron chi connectivity index (χ2n) is 4.57. The van der Waals surface area contributed by atoms with Crippen LogP contribution >= 0.6 is 22.6 Å². The Morgan fingerprint density at radius 3 is 2.62 bits per heavy atom. The molecular weight excluding hydrogens is 388 g/mol. The summed E-state index contributed by atoms with van der Waals surface area (Å²) in [6.45, 7) is 1.59. The van der Waals surface area contributed by atoms with E-state index in [1.165, 1.54) is 29.8 Å². The first kappa shape index (κ1) is 15.5. The van der Waals surface area contributed by atoms with Crippen LogP contribution in [0.15, 0.2) is 29.1 Å². The number of anilines is 2. The van der Waals surface area contributed by atoms with Crippen molar-refractivity contribution in [3.63, 3.8) is 0 Å². The van der Waals surface area contributed by atoms with Crippen LogP contribution in [0.25, 0.3) is 0 Å². The molecule has 1 aromatic heterocycles. The van der Waals surface area contributed by atoms with Gasteiger partial charge in [0.2, 0.25) is 0 Å². The van der Waals surface area contributed by atoms with E-state index in [0.717, 1.165) is 3.57 Å². The fourth-order valence-electron chi connectivity index (χ4n) is 1.95. The summed E-state index contributed by atoms with van der Waals surface area (Å²) in [5, 5.41) is 2.77. The number of nitrogens with one attached hydrogen (secondary N) is 1. The molecule has 0 aliphatic carbocycles. The van der Waals surface area contributed by atoms with Gasteiger partial charge in [0.1, 0.15) is 11.6 Å². The van der Waals surface area contributed by atoms with Gasteiger partial charge in [-0.2, -0.15) is 0 Å². The van der Waals surface area contributed by atoms with E-state index in [-0.39, 0.29) is 22.6 Å². The van der Waals surface area contributed by atoms with Gasteiger partial charge < -0.3 is 11.1 Å². The molecule has 0 spiro atoms. The molecule has 1 heterocycles. The molecule has 0 aliphatic heterocycles. The maximum atomic E-state index is 13.9. The second kappa shape index (κ2) is 5.84. The standard InChI is InChI=1S/C14H13FIN3O2/c1-7-5-9(12(17)20)13(19(2)14(7)21)18-11-4-3-8(16)6-10(11)15/h3-6,18H,1-2H3,(H2,17,20). The van der Waals surface area contributed by atoms with Crippen LogP contribution in [0, 0.1) is 16.3 Å². The molecule has 21 heavy (non-hydrogen) atoms. The fraction of sp³-hybridized carbons (Fsp3) is 0.143. The van der Waals surface area contributed by atoms with Crippen molar-refractivity contribution in [2.45, 2.75) is 6.92 Å². The summed E-state index contributed by atoms with van der Waals surface area (Å²) in [4.78, 5) is 23.5. The Labute approximate surface area is 134 Å². The van der Waals surface area contributed by atoms with Crippen molar-refractivity contribution < 1.29 is 9.18 Å². The van der Waals surface area contributed by atoms with Crippen LogP contribution in [0.5, 0.6) is 0 Å². The van der Waals surface area contributed by atoms with Crippen molar-refractivity contribution in [1.29, 1.82) is 0 Å². The van der Waals surface area contributed by atoms with Crippen LogP contribution in [0.2, 0.25) is 0 Å². The van der Waals surface area contributed by atoms with Crippen LogP contribution in [0.1, 0.15) is 15.9 Å². The predicted octanol–water partition coefficient (Wildman–Crippen LogP) is 2.28. The van der Waals surface area contributed by atoms with Gasteiger partial charge in [0.25, 0.3) is 11.5 Å². The minimum absolute atomic E-state index is 0.132. The number of rotatable bonds is 3. The van der Waals surface area contributed by atoms with Crippen molar-refractivity contribution in [2.75, 3.05) is 5.32 Å². The van der Waals surface area contributed by atoms with Crippen LogP contribution in [0.4, 0.5) is 15.9 Å². The Morgan fingerprint density at radius 1 is 1.38 bits per heavy atom. The number of carbonyl (C=O) groups excluding carboxylic acids is 1. The van der Waals surface area contributed by atoms with Crippen molar-refractivity contribution in [1.82, 2.24) is 4.57 Å². The predicted molar refractivity (Wildman–Crippen MR) is 87.3 cm³/mol. The summed E-state index contributed by atoms with van der Waals surface area (Å²) in [6.07, 6.45) is 0. The normalized spacial score (nSPS) is 10.5. The minimum atomic E-state index is -0.692. The number of nitrogens with two attached hydrogens (primary N) is 1. The molecular formula is C14H13FIN3O2. The lowest BCUT2D eigenvalue weighted by atomic mass is 10.1. The summed E-state index contributed by atoms with van der Waals surface area (Å²) in [7, 11) is 1.49. The lowest BCUT2D eigenvalue weighted by Gasteiger charge is -2.16. The van der Waals surface area contributed by atoms with E-state index < -0.39 is 11.7 Å². The number of halogens is 2. The van der Waals surface area contributed by atoms with E-state index in [4.69, 9.17) is 5.73 Å². The van der Waals surface area contributed by atoms with Crippen LogP contribution in [-0.2, 0) is 7.05 Å². The fourth-order valence-corrected chi connectivity index (χ4v) is 2.40. The quantitative estimate of drug-likeness (QED) is 0.775. The molecule has 0 saturated heterocycles. The van der Waals surface area contributed by atoms with Gasteiger partial charge in [-0.1, -0.05) is 0 Å². The number of pyridine rings is 1. The van der Waals surface area contributed by atoms with Crippen molar-refractivity contribution in [2.24, 2.45) is 12.8 Å². The Balaban J connectivity index is 2.60. The minimum Gasteiger partial charge on any atom is -0.365 e. The van der Waals surface area contributed by atoms with Gasteiger partial charge in [0.15, 0.2) is 0 Å². The Bertz CT molecular complexity index is 787. The first-order valence-electron chi connectivity index (χ1n) is 6.03. The first-order valence-corrected chi connectivity index (χ1v) is 7.11. The number of aromatic nitrogens is 1. The molecule has 5 nitrogen and oxygen atoms in total. The molecule has 0 bridgehead atoms. The number of benzene rings is 1. The van der Waals surface area contributed by atoms with Crippen LogP contribution < -0.4 is 16.6 Å². The molecule has 110 valence electrons. The maximum absolute atomic E-state index is 13.9. The average Bonchev–Trinajstić information content (AvgIpc) is 2.41. The van der Waals surface area contributed by atoms with E-state index in [1.54, 1.807) is 13.0 Å². The lowest BCUT2D eigenvalue weighted by molar-refractivity contribution is 0.100. The number of hydrogen-bond acceptors (Lipinski definition) is 3. The summed E-state index contributed by atoms with van der Waals surface area (Å²) in [5.74, 6) is -1.01. The summed E-state index contributed by atoms with van der Waals surface area (Å²) in [5.41, 5.74) is 5.73. The van der Waals surface area contributed by atoms with E-state index in [9.17, 15) is 14.0 Å². The number of primary amides is 1. The van der Waals surface area contributed by atoms with Crippen LogP contribution in [0.3, 0.4) is 0 Å². The molecule has 0 aliphatic rings. The SMILES string of the molecule is Cc1cc(C(N)=O)c(Nc2ccc(I)cc2F)n(C)c1=O. The Kier molecular flexibility index (Phi) is 4.31. The van der Waals surface area contributed by atoms with Gasteiger partial charge in [0.05, 0.1) is 11.3 Å². The van der Waals surface area contributed by atoms with Crippen molar-refractivity contribution in [3.8, 4) is 0 Å². The Morgan fingerprint density at radius 2 is 2.05 bits per heavy atom. The smallest absolute Gasteiger partial charge is 0.254 e. The zero-order valence-electron chi connectivity index (χ0n) is 11.4. The van der Waals surface area contributed by atoms with E-state index in [2.05, 4.69) is 5.32 Å². The zero-order chi connectivity index (χ0) is 15.7. The largest absolute Gasteiger partial charge is 0.365 e. The molecule has 7 heteroatoms. The van der Waals surface area contributed by atoms with Crippen LogP contribution in [-0.4, -0.2) is 10.5 Å². The third-order valence-corrected chi connectivity index (χ3v) is 3.71. The molecule has 0 unspecified atom stereocenters. The maximum Gasteiger partial charge on any atom is 0.254 e. The number of nitrogens with zero attached hydrogens (tertiary/aromatic N) is 1. The molecule has 3 N–H and O–H groups in total. The highest BCUT2D eigenvalue weighted by molar-refractivity contribution is 14.1. The highest BCUT2D eigenvalue weighted by Crippen LogP contribution is 2.23. The van der Waals surface area contributed by atoms with Crippen molar-refractivity contribution in [3.05, 3.63) is 55.1 Å². The van der Waals surface area contributed by atoms with Gasteiger partial charge in [-0.15, -0.1) is 0 Å². The number of aryl methyl sites for hydroxylation is 1. The molecule has 0 saturated carbocycles. The topological polar surface area (TPSA) is 77.1 Å². The zero-order valence-corrected chi connectivity index (χ0v) is 13.6. The lowest BCUT2D eigenvalue weighted by Crippen LogP contribution is -2.26. The highest BCUT2D eigenvalue weighted by Gasteiger charge is 2.16. The molecule has 2 aromatic rings. The third kappa shape index (κ3) is 3.07. The Hall–Kier alpha value is -1.90. The second-order valence-corrected chi connectivity index (χ2v) is 5.81. The number of hydrogen-bond donors (Lipinski definition) is 2. The van der Waals surface area contributed by atoms with Gasteiger partial charge >= 0.3 is 0 Å². The average molecular weight is 401 g/mol. The van der Waals surface area contributed by atoms with Gasteiger partial charge in [-0.3, -0.25) is 14.2 Å². The van der Waals surface area contributed by atoms with Gasteiger partial charge in [0, 0.05) is 16.2 Å². The molecule has 2 rings (SSSR count). The number of carbonyl (C=O) groups is 1. The van der Waals surface area contributed by atoms with E-state index >= 15 is 0 Å². The van der Waals surface area contributed by atoms with E-state index in [0.29, 0.717) is 5.56 Å². The summed E-state index contributed by atoms with van der Waals surface area (Å²) < 4.78 is 15.9. The summed E-state index contributed by atoms with van der Waals surface area (Å²) in [6, 6.07) is 5.99. The van der Waals surface area contributed by atoms with Crippen molar-refractivity contribution >= 4 is 40.0 Å². The van der Waals surface area contributed by atoms with Gasteiger partial charge in [-0.05, 0) is 53.8 Å². The molecule has 0 fully saturated rings. The molecule has 1 aromatic carbocycles. The molecule has 0 atom stereocenters. The third-order valence-electron chi connectivity index (χ3n) is 3.04. The van der Waals surface area contributed by atoms with E-state index in [1.807, 2.05) is 22.6 Å². The highest BCUT2D eigenvalue weighted by atomic mass is 127. The molecule has 1 amide bonds. The molecule has 0 radical (unpaired) electrons. The first-order chi connectivity index (χ1) is 9.81. The monoisotopic (exact) mass is 401 g/mol. The van der Waals surface area contributed by atoms with Gasteiger partial charge in [-0.25, -0.2) is 4.39 Å². The summed E-state index contributed by atoms with van der Waals surface area (Å²) >= 11 is 1.99.